The minimum absolute atomic E-state index is 0.157. The minimum Gasteiger partial charge on any atom is -0.481 e. The van der Waals surface area contributed by atoms with Crippen molar-refractivity contribution in [3.63, 3.8) is 0 Å². The van der Waals surface area contributed by atoms with Crippen LogP contribution >= 0.6 is 11.8 Å². The number of hydrogen-bond acceptors (Lipinski definition) is 4. The van der Waals surface area contributed by atoms with Gasteiger partial charge in [0, 0.05) is 38.6 Å². The lowest BCUT2D eigenvalue weighted by Gasteiger charge is -2.34. The van der Waals surface area contributed by atoms with Crippen molar-refractivity contribution < 1.29 is 19.4 Å². The molecule has 0 aliphatic carbocycles. The Balaban J connectivity index is 2.59. The molecule has 1 fully saturated rings. The predicted octanol–water partition coefficient (Wildman–Crippen LogP) is 1.65. The smallest absolute Gasteiger partial charge is 0.317 e. The topological polar surface area (TPSA) is 78.9 Å². The van der Waals surface area contributed by atoms with Gasteiger partial charge in [-0.2, -0.15) is 11.8 Å². The number of rotatable bonds is 7. The predicted molar refractivity (Wildman–Crippen MR) is 83.7 cm³/mol. The molecule has 0 aromatic heterocycles. The highest BCUT2D eigenvalue weighted by molar-refractivity contribution is 7.98. The fourth-order valence-electron chi connectivity index (χ4n) is 2.46. The van der Waals surface area contributed by atoms with Gasteiger partial charge in [0.1, 0.15) is 0 Å². The van der Waals surface area contributed by atoms with Gasteiger partial charge in [-0.15, -0.1) is 0 Å². The number of carbonyl (C=O) groups is 2. The maximum absolute atomic E-state index is 12.2. The first-order valence-electron chi connectivity index (χ1n) is 7.27. The molecule has 2 N–H and O–H groups in total. The molecule has 1 aliphatic heterocycles. The van der Waals surface area contributed by atoms with Gasteiger partial charge in [-0.3, -0.25) is 4.79 Å². The van der Waals surface area contributed by atoms with Crippen molar-refractivity contribution in [3.05, 3.63) is 0 Å². The van der Waals surface area contributed by atoms with E-state index >= 15 is 0 Å². The van der Waals surface area contributed by atoms with Crippen molar-refractivity contribution >= 4 is 23.8 Å². The van der Waals surface area contributed by atoms with E-state index in [9.17, 15) is 14.7 Å². The second-order valence-corrected chi connectivity index (χ2v) is 6.40. The summed E-state index contributed by atoms with van der Waals surface area (Å²) < 4.78 is 5.23. The second kappa shape index (κ2) is 8.48. The van der Waals surface area contributed by atoms with Crippen LogP contribution in [-0.2, 0) is 9.53 Å². The zero-order valence-electron chi connectivity index (χ0n) is 13.1. The first-order chi connectivity index (χ1) is 9.96. The maximum Gasteiger partial charge on any atom is 0.317 e. The number of carboxylic acid groups (broad SMARTS) is 1. The second-order valence-electron chi connectivity index (χ2n) is 5.48. The van der Waals surface area contributed by atoms with Crippen LogP contribution in [-0.4, -0.2) is 66.9 Å². The summed E-state index contributed by atoms with van der Waals surface area (Å²) in [5.74, 6) is 0.0168. The van der Waals surface area contributed by atoms with Crippen molar-refractivity contribution in [3.8, 4) is 0 Å². The molecule has 0 saturated carbocycles. The largest absolute Gasteiger partial charge is 0.481 e. The summed E-state index contributed by atoms with van der Waals surface area (Å²) >= 11 is 1.70. The van der Waals surface area contributed by atoms with Crippen LogP contribution in [0.1, 0.15) is 26.2 Å². The van der Waals surface area contributed by atoms with E-state index in [4.69, 9.17) is 4.74 Å². The van der Waals surface area contributed by atoms with E-state index in [2.05, 4.69) is 5.32 Å². The fourth-order valence-corrected chi connectivity index (χ4v) is 3.30. The summed E-state index contributed by atoms with van der Waals surface area (Å²) in [7, 11) is 1.76. The van der Waals surface area contributed by atoms with E-state index in [-0.39, 0.29) is 18.6 Å². The molecule has 7 heteroatoms. The van der Waals surface area contributed by atoms with Crippen LogP contribution in [0, 0.1) is 5.41 Å². The average Bonchev–Trinajstić information content (AvgIpc) is 2.50. The highest BCUT2D eigenvalue weighted by Gasteiger charge is 2.40. The van der Waals surface area contributed by atoms with Crippen molar-refractivity contribution in [1.82, 2.24) is 10.2 Å². The minimum atomic E-state index is -0.893. The summed E-state index contributed by atoms with van der Waals surface area (Å²) in [6.07, 6.45) is 3.77. The van der Waals surface area contributed by atoms with Crippen LogP contribution in [0.3, 0.4) is 0 Å². The van der Waals surface area contributed by atoms with Gasteiger partial charge in [0.05, 0.1) is 5.41 Å². The summed E-state index contributed by atoms with van der Waals surface area (Å²) in [6.45, 7) is 3.07. The van der Waals surface area contributed by atoms with Crippen LogP contribution in [0.2, 0.25) is 0 Å². The Morgan fingerprint density at radius 3 is 2.52 bits per heavy atom. The molecule has 0 spiro atoms. The maximum atomic E-state index is 12.2. The van der Waals surface area contributed by atoms with Gasteiger partial charge in [-0.1, -0.05) is 6.92 Å². The molecule has 1 rings (SSSR count). The zero-order chi connectivity index (χ0) is 15.9. The summed E-state index contributed by atoms with van der Waals surface area (Å²) in [4.78, 5) is 25.4. The number of urea groups is 1. The van der Waals surface area contributed by atoms with Crippen molar-refractivity contribution in [2.24, 2.45) is 5.41 Å². The Morgan fingerprint density at radius 1 is 1.43 bits per heavy atom. The van der Waals surface area contributed by atoms with Crippen molar-refractivity contribution in [2.75, 3.05) is 38.8 Å². The number of amides is 2. The third-order valence-electron chi connectivity index (χ3n) is 4.18. The molecule has 2 amide bonds. The number of aliphatic carboxylic acids is 1. The van der Waals surface area contributed by atoms with Crippen molar-refractivity contribution in [2.45, 2.75) is 32.2 Å². The van der Waals surface area contributed by atoms with E-state index in [1.54, 1.807) is 23.7 Å². The Bertz CT molecular complexity index is 359. The van der Waals surface area contributed by atoms with Crippen LogP contribution in [0.25, 0.3) is 0 Å². The lowest BCUT2D eigenvalue weighted by Crippen LogP contribution is -2.51. The first-order valence-corrected chi connectivity index (χ1v) is 8.67. The third-order valence-corrected chi connectivity index (χ3v) is 4.90. The molecule has 1 aliphatic rings. The Hall–Kier alpha value is -0.950. The van der Waals surface area contributed by atoms with Gasteiger partial charge >= 0.3 is 12.0 Å². The molecule has 1 saturated heterocycles. The summed E-state index contributed by atoms with van der Waals surface area (Å²) in [5, 5.41) is 12.2. The number of thioether (sulfide) groups is 1. The van der Waals surface area contributed by atoms with E-state index in [1.807, 2.05) is 13.2 Å². The van der Waals surface area contributed by atoms with Crippen LogP contribution in [0.15, 0.2) is 0 Å². The number of nitrogens with one attached hydrogen (secondary N) is 1. The standard InChI is InChI=1S/C14H26N2O4S/c1-4-11(9-21-3)16(2)13(19)15-10-14(12(17)18)5-7-20-8-6-14/h11H,4-10H2,1-3H3,(H,15,19)(H,17,18). The summed E-state index contributed by atoms with van der Waals surface area (Å²) in [5.41, 5.74) is -0.893. The molecular weight excluding hydrogens is 292 g/mol. The Morgan fingerprint density at radius 2 is 2.05 bits per heavy atom. The lowest BCUT2D eigenvalue weighted by atomic mass is 9.80. The highest BCUT2D eigenvalue weighted by Crippen LogP contribution is 2.30. The summed E-state index contributed by atoms with van der Waals surface area (Å²) in [6, 6.07) is -0.0431. The molecule has 1 heterocycles. The zero-order valence-corrected chi connectivity index (χ0v) is 13.9. The molecule has 0 radical (unpaired) electrons. The van der Waals surface area contributed by atoms with E-state index in [0.717, 1.165) is 12.2 Å². The van der Waals surface area contributed by atoms with Gasteiger partial charge in [0.15, 0.2) is 0 Å². The number of carboxylic acids is 1. The van der Waals surface area contributed by atoms with Gasteiger partial charge in [-0.05, 0) is 25.5 Å². The number of hydrogen-bond donors (Lipinski definition) is 2. The lowest BCUT2D eigenvalue weighted by molar-refractivity contribution is -0.154. The molecule has 0 aromatic carbocycles. The molecule has 0 aromatic rings. The Kier molecular flexibility index (Phi) is 7.31. The molecule has 21 heavy (non-hydrogen) atoms. The monoisotopic (exact) mass is 318 g/mol. The molecule has 1 unspecified atom stereocenters. The van der Waals surface area contributed by atoms with Crippen LogP contribution in [0.5, 0.6) is 0 Å². The SMILES string of the molecule is CCC(CSC)N(C)C(=O)NCC1(C(=O)O)CCOCC1. The van der Waals surface area contributed by atoms with E-state index < -0.39 is 11.4 Å². The molecule has 0 bridgehead atoms. The van der Waals surface area contributed by atoms with Crippen LogP contribution in [0.4, 0.5) is 4.79 Å². The van der Waals surface area contributed by atoms with Gasteiger partial charge in [-0.25, -0.2) is 4.79 Å². The molecule has 6 nitrogen and oxygen atoms in total. The van der Waals surface area contributed by atoms with Crippen LogP contribution < -0.4 is 5.32 Å². The number of nitrogens with zero attached hydrogens (tertiary/aromatic N) is 1. The van der Waals surface area contributed by atoms with E-state index in [0.29, 0.717) is 26.1 Å². The average molecular weight is 318 g/mol. The molecular formula is C14H26N2O4S. The van der Waals surface area contributed by atoms with Gasteiger partial charge < -0.3 is 20.1 Å². The van der Waals surface area contributed by atoms with E-state index in [1.165, 1.54) is 0 Å². The molecule has 1 atom stereocenters. The number of carbonyl (C=O) groups excluding carboxylic acids is 1. The Labute approximate surface area is 130 Å². The fraction of sp³-hybridized carbons (Fsp3) is 0.857. The molecule has 122 valence electrons. The highest BCUT2D eigenvalue weighted by atomic mass is 32.2. The van der Waals surface area contributed by atoms with Gasteiger partial charge in [0.2, 0.25) is 0 Å². The van der Waals surface area contributed by atoms with Gasteiger partial charge in [0.25, 0.3) is 0 Å². The third kappa shape index (κ3) is 4.78. The number of ether oxygens (including phenoxy) is 1. The quantitative estimate of drug-likeness (QED) is 0.746. The van der Waals surface area contributed by atoms with Crippen molar-refractivity contribution in [1.29, 1.82) is 0 Å². The first kappa shape index (κ1) is 18.1. The normalized spacial score (nSPS) is 18.8.